The zero-order valence-corrected chi connectivity index (χ0v) is 15.3. The summed E-state index contributed by atoms with van der Waals surface area (Å²) in [6, 6.07) is 1.93. The van der Waals surface area contributed by atoms with Crippen molar-refractivity contribution >= 4 is 23.2 Å². The molecule has 1 heterocycles. The van der Waals surface area contributed by atoms with Crippen LogP contribution in [0.5, 0.6) is 5.75 Å². The first-order valence-corrected chi connectivity index (χ1v) is 8.73. The fourth-order valence-electron chi connectivity index (χ4n) is 2.70. The number of likely N-dealkylation sites (N-methyl/N-ethyl adjacent to an activating group) is 1. The molecule has 22 heavy (non-hydrogen) atoms. The zero-order chi connectivity index (χ0) is 16.1. The molecule has 1 fully saturated rings. The van der Waals surface area contributed by atoms with Gasteiger partial charge in [0.2, 0.25) is 0 Å². The first kappa shape index (κ1) is 17.9. The van der Waals surface area contributed by atoms with Gasteiger partial charge in [0.25, 0.3) is 0 Å². The Hall–Kier alpha value is -0.480. The highest BCUT2D eigenvalue weighted by molar-refractivity contribution is 6.37. The molecule has 2 rings (SSSR count). The molecule has 124 valence electrons. The van der Waals surface area contributed by atoms with Gasteiger partial charge in [-0.2, -0.15) is 0 Å². The molecule has 1 aliphatic rings. The van der Waals surface area contributed by atoms with Gasteiger partial charge in [0.1, 0.15) is 5.75 Å². The van der Waals surface area contributed by atoms with Crippen molar-refractivity contribution in [2.75, 3.05) is 46.4 Å². The second-order valence-electron chi connectivity index (χ2n) is 6.15. The van der Waals surface area contributed by atoms with Crippen LogP contribution in [-0.2, 0) is 0 Å². The van der Waals surface area contributed by atoms with Crippen LogP contribution in [0.1, 0.15) is 24.0 Å². The summed E-state index contributed by atoms with van der Waals surface area (Å²) >= 11 is 12.5. The Kier molecular flexibility index (Phi) is 6.82. The number of benzene rings is 1. The minimum absolute atomic E-state index is 0.634. The Morgan fingerprint density at radius 2 is 1.73 bits per heavy atom. The lowest BCUT2D eigenvalue weighted by Crippen LogP contribution is -2.44. The molecule has 0 aliphatic carbocycles. The van der Waals surface area contributed by atoms with Crippen LogP contribution < -0.4 is 4.74 Å². The van der Waals surface area contributed by atoms with Crippen molar-refractivity contribution < 1.29 is 4.74 Å². The zero-order valence-electron chi connectivity index (χ0n) is 13.8. The normalized spacial score (nSPS) is 17.0. The molecule has 1 aliphatic heterocycles. The number of rotatable bonds is 6. The van der Waals surface area contributed by atoms with Crippen LogP contribution in [0.25, 0.3) is 0 Å². The Morgan fingerprint density at radius 3 is 2.41 bits per heavy atom. The minimum Gasteiger partial charge on any atom is -0.492 e. The van der Waals surface area contributed by atoms with E-state index >= 15 is 0 Å². The number of aryl methyl sites for hydroxylation is 1. The van der Waals surface area contributed by atoms with Gasteiger partial charge in [0.05, 0.1) is 11.6 Å². The molecule has 0 atom stereocenters. The minimum atomic E-state index is 0.634. The highest BCUT2D eigenvalue weighted by Gasteiger charge is 2.13. The maximum Gasteiger partial charge on any atom is 0.138 e. The third-order valence-electron chi connectivity index (χ3n) is 4.29. The summed E-state index contributed by atoms with van der Waals surface area (Å²) < 4.78 is 5.84. The SMILES string of the molecule is Cc1cc(OCCCCN2CCN(C)CC2)c(Cl)c(C)c1Cl. The Labute approximate surface area is 144 Å². The van der Waals surface area contributed by atoms with E-state index in [1.165, 1.54) is 26.2 Å². The third kappa shape index (κ3) is 4.76. The maximum absolute atomic E-state index is 6.30. The summed E-state index contributed by atoms with van der Waals surface area (Å²) in [6.45, 7) is 10.5. The van der Waals surface area contributed by atoms with Crippen LogP contribution in [-0.4, -0.2) is 56.2 Å². The summed E-state index contributed by atoms with van der Waals surface area (Å²) in [5.74, 6) is 0.751. The average Bonchev–Trinajstić information content (AvgIpc) is 2.51. The van der Waals surface area contributed by atoms with E-state index in [0.29, 0.717) is 11.6 Å². The molecule has 3 nitrogen and oxygen atoms in total. The molecule has 1 aromatic carbocycles. The average molecular weight is 345 g/mol. The van der Waals surface area contributed by atoms with Gasteiger partial charge in [-0.1, -0.05) is 23.2 Å². The van der Waals surface area contributed by atoms with Crippen molar-refractivity contribution in [2.24, 2.45) is 0 Å². The number of unbranched alkanes of at least 4 members (excludes halogenated alkanes) is 1. The second-order valence-corrected chi connectivity index (χ2v) is 6.90. The lowest BCUT2D eigenvalue weighted by atomic mass is 10.1. The lowest BCUT2D eigenvalue weighted by molar-refractivity contribution is 0.150. The third-order valence-corrected chi connectivity index (χ3v) is 5.34. The first-order valence-electron chi connectivity index (χ1n) is 7.98. The van der Waals surface area contributed by atoms with E-state index in [9.17, 15) is 0 Å². The monoisotopic (exact) mass is 344 g/mol. The van der Waals surface area contributed by atoms with Gasteiger partial charge < -0.3 is 14.5 Å². The van der Waals surface area contributed by atoms with Gasteiger partial charge in [-0.25, -0.2) is 0 Å². The molecule has 0 bridgehead atoms. The molecule has 0 spiro atoms. The molecule has 1 saturated heterocycles. The second kappa shape index (κ2) is 8.39. The number of hydrogen-bond acceptors (Lipinski definition) is 3. The smallest absolute Gasteiger partial charge is 0.138 e. The Balaban J connectivity index is 1.71. The molecule has 0 amide bonds. The van der Waals surface area contributed by atoms with E-state index in [0.717, 1.165) is 41.3 Å². The summed E-state index contributed by atoms with van der Waals surface area (Å²) in [4.78, 5) is 4.91. The maximum atomic E-state index is 6.30. The predicted molar refractivity (Wildman–Crippen MR) is 94.6 cm³/mol. The van der Waals surface area contributed by atoms with Crippen LogP contribution in [0.3, 0.4) is 0 Å². The number of hydrogen-bond donors (Lipinski definition) is 0. The standard InChI is InChI=1S/C17H26Cl2N2O/c1-13-12-15(17(19)14(2)16(13)18)22-11-5-4-6-21-9-7-20(3)8-10-21/h12H,4-11H2,1-3H3. The van der Waals surface area contributed by atoms with Crippen molar-refractivity contribution in [1.29, 1.82) is 0 Å². The molecule has 5 heteroatoms. The van der Waals surface area contributed by atoms with E-state index in [1.54, 1.807) is 0 Å². The van der Waals surface area contributed by atoms with Crippen molar-refractivity contribution in [3.63, 3.8) is 0 Å². The molecule has 0 N–H and O–H groups in total. The summed E-state index contributed by atoms with van der Waals surface area (Å²) in [6.07, 6.45) is 2.20. The quantitative estimate of drug-likeness (QED) is 0.725. The van der Waals surface area contributed by atoms with Crippen LogP contribution in [0.4, 0.5) is 0 Å². The molecule has 0 saturated carbocycles. The van der Waals surface area contributed by atoms with Crippen molar-refractivity contribution in [2.45, 2.75) is 26.7 Å². The number of piperazine rings is 1. The Bertz CT molecular complexity index is 500. The van der Waals surface area contributed by atoms with Crippen LogP contribution in [0.15, 0.2) is 6.07 Å². The van der Waals surface area contributed by atoms with Gasteiger partial charge in [-0.3, -0.25) is 0 Å². The number of ether oxygens (including phenoxy) is 1. The Morgan fingerprint density at radius 1 is 1.05 bits per heavy atom. The van der Waals surface area contributed by atoms with Gasteiger partial charge in [-0.15, -0.1) is 0 Å². The van der Waals surface area contributed by atoms with Crippen molar-refractivity contribution in [3.05, 3.63) is 27.2 Å². The van der Waals surface area contributed by atoms with Crippen LogP contribution >= 0.6 is 23.2 Å². The van der Waals surface area contributed by atoms with E-state index < -0.39 is 0 Å². The van der Waals surface area contributed by atoms with E-state index in [1.807, 2.05) is 19.9 Å². The molecule has 0 unspecified atom stereocenters. The van der Waals surface area contributed by atoms with E-state index in [-0.39, 0.29) is 0 Å². The van der Waals surface area contributed by atoms with E-state index in [2.05, 4.69) is 16.8 Å². The van der Waals surface area contributed by atoms with Gasteiger partial charge >= 0.3 is 0 Å². The first-order chi connectivity index (χ1) is 10.5. The van der Waals surface area contributed by atoms with Crippen molar-refractivity contribution in [3.8, 4) is 5.75 Å². The number of nitrogens with zero attached hydrogens (tertiary/aromatic N) is 2. The topological polar surface area (TPSA) is 15.7 Å². The van der Waals surface area contributed by atoms with Crippen molar-refractivity contribution in [1.82, 2.24) is 9.80 Å². The lowest BCUT2D eigenvalue weighted by Gasteiger charge is -2.32. The largest absolute Gasteiger partial charge is 0.492 e. The fraction of sp³-hybridized carbons (Fsp3) is 0.647. The van der Waals surface area contributed by atoms with E-state index in [4.69, 9.17) is 27.9 Å². The highest BCUT2D eigenvalue weighted by Crippen LogP contribution is 2.35. The fourth-order valence-corrected chi connectivity index (χ4v) is 3.10. The van der Waals surface area contributed by atoms with Crippen LogP contribution in [0, 0.1) is 13.8 Å². The van der Waals surface area contributed by atoms with Gasteiger partial charge in [-0.05, 0) is 57.5 Å². The van der Waals surface area contributed by atoms with Gasteiger partial charge in [0, 0.05) is 31.2 Å². The molecular weight excluding hydrogens is 319 g/mol. The molecule has 1 aromatic rings. The molecule has 0 aromatic heterocycles. The molecule has 0 radical (unpaired) electrons. The van der Waals surface area contributed by atoms with Gasteiger partial charge in [0.15, 0.2) is 0 Å². The number of halogens is 2. The summed E-state index contributed by atoms with van der Waals surface area (Å²) in [5.41, 5.74) is 1.91. The van der Waals surface area contributed by atoms with Crippen LogP contribution in [0.2, 0.25) is 10.0 Å². The summed E-state index contributed by atoms with van der Waals surface area (Å²) in [7, 11) is 2.19. The molecular formula is C17H26Cl2N2O. The highest BCUT2D eigenvalue weighted by atomic mass is 35.5. The summed E-state index contributed by atoms with van der Waals surface area (Å²) in [5, 5.41) is 1.36. The predicted octanol–water partition coefficient (Wildman–Crippen LogP) is 4.02.